The lowest BCUT2D eigenvalue weighted by molar-refractivity contribution is -0.169. The van der Waals surface area contributed by atoms with Gasteiger partial charge < -0.3 is 19.3 Å². The van der Waals surface area contributed by atoms with Crippen LogP contribution in [-0.2, 0) is 16.0 Å². The molecule has 6 nitrogen and oxygen atoms in total. The summed E-state index contributed by atoms with van der Waals surface area (Å²) in [6.07, 6.45) is 1.73. The van der Waals surface area contributed by atoms with Gasteiger partial charge in [-0.3, -0.25) is 0 Å². The van der Waals surface area contributed by atoms with Crippen molar-refractivity contribution in [2.24, 2.45) is 0 Å². The van der Waals surface area contributed by atoms with Gasteiger partial charge in [0.15, 0.2) is 5.79 Å². The van der Waals surface area contributed by atoms with Gasteiger partial charge in [0.1, 0.15) is 16.5 Å². The summed E-state index contributed by atoms with van der Waals surface area (Å²) in [5.41, 5.74) is 2.42. The number of piperidine rings is 1. The molecule has 7 heteroatoms. The van der Waals surface area contributed by atoms with Crippen molar-refractivity contribution < 1.29 is 9.47 Å². The second kappa shape index (κ2) is 7.65. The zero-order valence-corrected chi connectivity index (χ0v) is 17.7. The molecular weight excluding hydrogens is 384 g/mol. The number of benzene rings is 1. The van der Waals surface area contributed by atoms with Crippen molar-refractivity contribution in [2.75, 3.05) is 45.3 Å². The van der Waals surface area contributed by atoms with E-state index in [-0.39, 0.29) is 5.79 Å². The van der Waals surface area contributed by atoms with Gasteiger partial charge in [-0.05, 0) is 19.7 Å². The first-order valence-corrected chi connectivity index (χ1v) is 11.0. The van der Waals surface area contributed by atoms with Gasteiger partial charge in [-0.1, -0.05) is 30.3 Å². The molecule has 2 fully saturated rings. The summed E-state index contributed by atoms with van der Waals surface area (Å²) in [5.74, 6) is 1.53. The molecule has 3 aromatic rings. The third kappa shape index (κ3) is 3.64. The minimum atomic E-state index is -0.383. The molecule has 0 bridgehead atoms. The summed E-state index contributed by atoms with van der Waals surface area (Å²) in [4.78, 5) is 15.5. The Bertz CT molecular complexity index is 989. The molecule has 2 saturated heterocycles. The number of thiophene rings is 1. The standard InChI is InChI=1S/C22H26N4O2S/c1-25(2)14-18-23-20(26-10-8-22(9-11-26)27-12-13-28-22)19-17(15-29-21(19)24-18)16-6-4-3-5-7-16/h3-7,15H,8-14H2,1-2H3. The zero-order chi connectivity index (χ0) is 19.8. The van der Waals surface area contributed by atoms with Crippen molar-refractivity contribution in [3.63, 3.8) is 0 Å². The van der Waals surface area contributed by atoms with Crippen LogP contribution in [0.2, 0.25) is 0 Å². The summed E-state index contributed by atoms with van der Waals surface area (Å²) < 4.78 is 11.8. The molecule has 1 aromatic carbocycles. The van der Waals surface area contributed by atoms with Gasteiger partial charge in [-0.15, -0.1) is 11.3 Å². The molecule has 4 heterocycles. The number of hydrogen-bond donors (Lipinski definition) is 0. The monoisotopic (exact) mass is 410 g/mol. The van der Waals surface area contributed by atoms with Gasteiger partial charge in [-0.25, -0.2) is 9.97 Å². The summed E-state index contributed by atoms with van der Waals surface area (Å²) in [6.45, 7) is 3.88. The van der Waals surface area contributed by atoms with Gasteiger partial charge >= 0.3 is 0 Å². The van der Waals surface area contributed by atoms with Crippen LogP contribution in [0.25, 0.3) is 21.3 Å². The molecule has 0 amide bonds. The molecule has 5 rings (SSSR count). The average molecular weight is 411 g/mol. The molecule has 2 aromatic heterocycles. The summed E-state index contributed by atoms with van der Waals surface area (Å²) in [5, 5.41) is 3.37. The molecule has 0 saturated carbocycles. The molecule has 2 aliphatic rings. The van der Waals surface area contributed by atoms with Gasteiger partial charge in [0.05, 0.1) is 25.1 Å². The number of aromatic nitrogens is 2. The van der Waals surface area contributed by atoms with Crippen molar-refractivity contribution in [2.45, 2.75) is 25.2 Å². The Morgan fingerprint density at radius 1 is 1.07 bits per heavy atom. The van der Waals surface area contributed by atoms with Crippen molar-refractivity contribution in [3.8, 4) is 11.1 Å². The third-order valence-corrected chi connectivity index (χ3v) is 6.51. The first-order chi connectivity index (χ1) is 14.1. The van der Waals surface area contributed by atoms with Crippen LogP contribution in [0.3, 0.4) is 0 Å². The van der Waals surface area contributed by atoms with Gasteiger partial charge in [0.25, 0.3) is 0 Å². The lowest BCUT2D eigenvalue weighted by atomic mass is 10.0. The van der Waals surface area contributed by atoms with Crippen LogP contribution in [0.15, 0.2) is 35.7 Å². The van der Waals surface area contributed by atoms with Crippen molar-refractivity contribution in [1.29, 1.82) is 0 Å². The summed E-state index contributed by atoms with van der Waals surface area (Å²) >= 11 is 1.70. The second-order valence-electron chi connectivity index (χ2n) is 7.99. The second-order valence-corrected chi connectivity index (χ2v) is 8.85. The number of hydrogen-bond acceptors (Lipinski definition) is 7. The van der Waals surface area contributed by atoms with Gasteiger partial charge in [0.2, 0.25) is 0 Å². The van der Waals surface area contributed by atoms with Gasteiger partial charge in [0, 0.05) is 36.9 Å². The zero-order valence-electron chi connectivity index (χ0n) is 16.9. The molecule has 0 aliphatic carbocycles. The van der Waals surface area contributed by atoms with E-state index in [4.69, 9.17) is 19.4 Å². The third-order valence-electron chi connectivity index (χ3n) is 5.64. The number of fused-ring (bicyclic) bond motifs is 1. The predicted octanol–water partition coefficient (Wildman–Crippen LogP) is 3.76. The lowest BCUT2D eigenvalue weighted by Gasteiger charge is -2.38. The SMILES string of the molecule is CN(C)Cc1nc(N2CCC3(CC2)OCCO3)c2c(-c3ccccc3)csc2n1. The van der Waals surface area contributed by atoms with Crippen LogP contribution in [0, 0.1) is 0 Å². The molecule has 0 N–H and O–H groups in total. The molecule has 0 radical (unpaired) electrons. The Kier molecular flexibility index (Phi) is 4.99. The van der Waals surface area contributed by atoms with E-state index < -0.39 is 0 Å². The van der Waals surface area contributed by atoms with E-state index in [1.165, 1.54) is 11.1 Å². The Balaban J connectivity index is 1.57. The number of nitrogens with zero attached hydrogens (tertiary/aromatic N) is 4. The highest BCUT2D eigenvalue weighted by Gasteiger charge is 2.40. The molecule has 0 unspecified atom stereocenters. The number of rotatable bonds is 4. The Labute approximate surface area is 175 Å². The van der Waals surface area contributed by atoms with Gasteiger partial charge in [-0.2, -0.15) is 0 Å². The summed E-state index contributed by atoms with van der Waals surface area (Å²) in [6, 6.07) is 10.5. The topological polar surface area (TPSA) is 50.7 Å². The Morgan fingerprint density at radius 2 is 1.79 bits per heavy atom. The number of ether oxygens (including phenoxy) is 2. The van der Waals surface area contributed by atoms with E-state index in [1.54, 1.807) is 11.3 Å². The maximum atomic E-state index is 5.92. The normalized spacial score (nSPS) is 18.9. The first-order valence-electron chi connectivity index (χ1n) is 10.1. The maximum Gasteiger partial charge on any atom is 0.171 e. The van der Waals surface area contributed by atoms with Crippen molar-refractivity contribution >= 4 is 27.4 Å². The predicted molar refractivity (Wildman–Crippen MR) is 116 cm³/mol. The molecule has 29 heavy (non-hydrogen) atoms. The van der Waals surface area contributed by atoms with Crippen LogP contribution in [-0.4, -0.2) is 61.1 Å². The number of anilines is 1. The Morgan fingerprint density at radius 3 is 2.48 bits per heavy atom. The molecule has 1 spiro atoms. The molecule has 0 atom stereocenters. The lowest BCUT2D eigenvalue weighted by Crippen LogP contribution is -2.45. The van der Waals surface area contributed by atoms with Crippen molar-refractivity contribution in [1.82, 2.24) is 14.9 Å². The van der Waals surface area contributed by atoms with Crippen LogP contribution >= 0.6 is 11.3 Å². The minimum absolute atomic E-state index is 0.383. The van der Waals surface area contributed by atoms with E-state index in [1.807, 2.05) is 0 Å². The first kappa shape index (κ1) is 18.9. The quantitative estimate of drug-likeness (QED) is 0.653. The van der Waals surface area contributed by atoms with Crippen LogP contribution in [0.1, 0.15) is 18.7 Å². The molecule has 152 valence electrons. The van der Waals surface area contributed by atoms with E-state index in [0.29, 0.717) is 13.2 Å². The van der Waals surface area contributed by atoms with E-state index in [9.17, 15) is 0 Å². The van der Waals surface area contributed by atoms with Crippen LogP contribution in [0.5, 0.6) is 0 Å². The fourth-order valence-corrected chi connectivity index (χ4v) is 5.18. The van der Waals surface area contributed by atoms with Crippen molar-refractivity contribution in [3.05, 3.63) is 41.5 Å². The minimum Gasteiger partial charge on any atom is -0.356 e. The molecule has 2 aliphatic heterocycles. The fourth-order valence-electron chi connectivity index (χ4n) is 4.22. The smallest absolute Gasteiger partial charge is 0.171 e. The van der Waals surface area contributed by atoms with E-state index in [2.05, 4.69) is 59.6 Å². The highest BCUT2D eigenvalue weighted by Crippen LogP contribution is 2.40. The van der Waals surface area contributed by atoms with E-state index >= 15 is 0 Å². The van der Waals surface area contributed by atoms with Crippen LogP contribution < -0.4 is 4.90 Å². The summed E-state index contributed by atoms with van der Waals surface area (Å²) in [7, 11) is 4.10. The van der Waals surface area contributed by atoms with E-state index in [0.717, 1.165) is 54.3 Å². The Hall–Kier alpha value is -2.06. The maximum absolute atomic E-state index is 5.92. The highest BCUT2D eigenvalue weighted by atomic mass is 32.1. The highest BCUT2D eigenvalue weighted by molar-refractivity contribution is 7.17. The average Bonchev–Trinajstić information content (AvgIpc) is 3.36. The largest absolute Gasteiger partial charge is 0.356 e. The van der Waals surface area contributed by atoms with Crippen LogP contribution in [0.4, 0.5) is 5.82 Å². The molecular formula is C22H26N4O2S. The fraction of sp³-hybridized carbons (Fsp3) is 0.455.